The number of halogens is 2. The predicted octanol–water partition coefficient (Wildman–Crippen LogP) is 3.04. The van der Waals surface area contributed by atoms with Crippen LogP contribution in [0.3, 0.4) is 0 Å². The zero-order valence-corrected chi connectivity index (χ0v) is 8.71. The topological polar surface area (TPSA) is 26.3 Å². The zero-order chi connectivity index (χ0) is 9.56. The Balaban J connectivity index is 4.43. The van der Waals surface area contributed by atoms with E-state index in [-0.39, 0.29) is 5.22 Å². The number of carbonyl (C=O) groups excluding carboxylic acids is 1. The summed E-state index contributed by atoms with van der Waals surface area (Å²) in [5, 5.41) is -0.408. The summed E-state index contributed by atoms with van der Waals surface area (Å²) in [6, 6.07) is 0. The first-order chi connectivity index (χ1) is 5.63. The lowest BCUT2D eigenvalue weighted by Gasteiger charge is -2.05. The molecule has 0 bridgehead atoms. The molecule has 0 saturated carbocycles. The van der Waals surface area contributed by atoms with Crippen molar-refractivity contribution < 1.29 is 9.53 Å². The van der Waals surface area contributed by atoms with Crippen molar-refractivity contribution in [2.45, 2.75) is 26.7 Å². The quantitative estimate of drug-likeness (QED) is 0.397. The second kappa shape index (κ2) is 6.32. The molecule has 0 aromatic rings. The van der Waals surface area contributed by atoms with Crippen molar-refractivity contribution >= 4 is 28.4 Å². The lowest BCUT2D eigenvalue weighted by Crippen LogP contribution is -1.99. The maximum atomic E-state index is 10.8. The molecule has 0 aliphatic carbocycles. The van der Waals surface area contributed by atoms with Crippen molar-refractivity contribution in [1.29, 1.82) is 0 Å². The van der Waals surface area contributed by atoms with Gasteiger partial charge < -0.3 is 4.74 Å². The lowest BCUT2D eigenvalue weighted by molar-refractivity contribution is -0.108. The van der Waals surface area contributed by atoms with Gasteiger partial charge in [-0.2, -0.15) is 0 Å². The Morgan fingerprint density at radius 1 is 1.33 bits per heavy atom. The first-order valence-electron chi connectivity index (χ1n) is 3.84. The lowest BCUT2D eigenvalue weighted by atomic mass is 10.2. The van der Waals surface area contributed by atoms with Gasteiger partial charge in [-0.3, -0.25) is 4.79 Å². The van der Waals surface area contributed by atoms with E-state index in [0.717, 1.165) is 6.42 Å². The SMILES string of the molecule is CCC/C(C(=O)Cl)=C(\Cl)OCC. The molecular weight excluding hydrogens is 199 g/mol. The van der Waals surface area contributed by atoms with Crippen LogP contribution in [0.5, 0.6) is 0 Å². The molecule has 0 spiro atoms. The van der Waals surface area contributed by atoms with Crippen LogP contribution in [-0.4, -0.2) is 11.8 Å². The average molecular weight is 211 g/mol. The fourth-order valence-corrected chi connectivity index (χ4v) is 1.26. The maximum absolute atomic E-state index is 10.8. The Hall–Kier alpha value is -0.210. The highest BCUT2D eigenvalue weighted by molar-refractivity contribution is 6.68. The van der Waals surface area contributed by atoms with Crippen molar-refractivity contribution in [2.24, 2.45) is 0 Å². The summed E-state index contributed by atoms with van der Waals surface area (Å²) in [5.41, 5.74) is 0.364. The molecule has 0 atom stereocenters. The van der Waals surface area contributed by atoms with Crippen LogP contribution in [0.15, 0.2) is 10.8 Å². The summed E-state index contributed by atoms with van der Waals surface area (Å²) in [6.45, 7) is 4.18. The molecule has 0 saturated heterocycles. The van der Waals surface area contributed by atoms with Crippen LogP contribution in [0.2, 0.25) is 0 Å². The second-order valence-electron chi connectivity index (χ2n) is 2.21. The van der Waals surface area contributed by atoms with E-state index in [1.165, 1.54) is 0 Å². The van der Waals surface area contributed by atoms with Crippen LogP contribution in [0.25, 0.3) is 0 Å². The summed E-state index contributed by atoms with van der Waals surface area (Å²) >= 11 is 11.0. The standard InChI is InChI=1S/C8H12Cl2O2/c1-3-5-6(7(9)11)8(10)12-4-2/h3-5H2,1-2H3/b8-6-. The maximum Gasteiger partial charge on any atom is 0.253 e. The zero-order valence-electron chi connectivity index (χ0n) is 7.19. The third-order valence-electron chi connectivity index (χ3n) is 1.25. The minimum absolute atomic E-state index is 0.124. The molecule has 0 aliphatic heterocycles. The van der Waals surface area contributed by atoms with Crippen molar-refractivity contribution in [3.63, 3.8) is 0 Å². The van der Waals surface area contributed by atoms with Gasteiger partial charge in [-0.25, -0.2) is 0 Å². The summed E-state index contributed by atoms with van der Waals surface area (Å²) in [7, 11) is 0. The van der Waals surface area contributed by atoms with Gasteiger partial charge in [0.2, 0.25) is 0 Å². The highest BCUT2D eigenvalue weighted by atomic mass is 35.5. The van der Waals surface area contributed by atoms with Crippen molar-refractivity contribution in [3.8, 4) is 0 Å². The van der Waals surface area contributed by atoms with E-state index in [4.69, 9.17) is 27.9 Å². The van der Waals surface area contributed by atoms with Gasteiger partial charge in [0.25, 0.3) is 5.24 Å². The van der Waals surface area contributed by atoms with E-state index in [2.05, 4.69) is 0 Å². The predicted molar refractivity (Wildman–Crippen MR) is 50.3 cm³/mol. The van der Waals surface area contributed by atoms with Gasteiger partial charge in [-0.15, -0.1) is 0 Å². The van der Waals surface area contributed by atoms with Gasteiger partial charge in [-0.05, 0) is 36.5 Å². The van der Waals surface area contributed by atoms with E-state index in [1.54, 1.807) is 6.92 Å². The molecule has 0 radical (unpaired) electrons. The summed E-state index contributed by atoms with van der Waals surface area (Å²) in [5.74, 6) is 0. The van der Waals surface area contributed by atoms with Crippen molar-refractivity contribution in [3.05, 3.63) is 10.8 Å². The molecule has 0 fully saturated rings. The molecule has 0 N–H and O–H groups in total. The second-order valence-corrected chi connectivity index (χ2v) is 2.90. The average Bonchev–Trinajstić information content (AvgIpc) is 1.99. The number of carbonyl (C=O) groups is 1. The molecule has 0 heterocycles. The fraction of sp³-hybridized carbons (Fsp3) is 0.625. The van der Waals surface area contributed by atoms with Crippen LogP contribution >= 0.6 is 23.2 Å². The minimum Gasteiger partial charge on any atom is -0.483 e. The molecule has 0 amide bonds. The molecule has 2 nitrogen and oxygen atoms in total. The van der Waals surface area contributed by atoms with E-state index < -0.39 is 5.24 Å². The minimum atomic E-state index is -0.532. The van der Waals surface area contributed by atoms with Crippen LogP contribution < -0.4 is 0 Å². The van der Waals surface area contributed by atoms with Gasteiger partial charge in [0, 0.05) is 0 Å². The van der Waals surface area contributed by atoms with Crippen molar-refractivity contribution in [1.82, 2.24) is 0 Å². The monoisotopic (exact) mass is 210 g/mol. The van der Waals surface area contributed by atoms with E-state index in [1.807, 2.05) is 6.92 Å². The van der Waals surface area contributed by atoms with Gasteiger partial charge in [-0.1, -0.05) is 13.3 Å². The molecule has 4 heteroatoms. The normalized spacial score (nSPS) is 12.3. The first kappa shape index (κ1) is 11.8. The smallest absolute Gasteiger partial charge is 0.253 e. The molecule has 0 aromatic heterocycles. The van der Waals surface area contributed by atoms with E-state index in [9.17, 15) is 4.79 Å². The molecule has 0 aromatic carbocycles. The Bertz CT molecular complexity index is 187. The fourth-order valence-electron chi connectivity index (χ4n) is 0.738. The van der Waals surface area contributed by atoms with Gasteiger partial charge >= 0.3 is 0 Å². The molecule has 0 aliphatic rings. The van der Waals surface area contributed by atoms with E-state index >= 15 is 0 Å². The number of allylic oxidation sites excluding steroid dienone is 1. The third kappa shape index (κ3) is 3.98. The van der Waals surface area contributed by atoms with Gasteiger partial charge in [0.15, 0.2) is 5.22 Å². The van der Waals surface area contributed by atoms with Crippen LogP contribution in [-0.2, 0) is 9.53 Å². The number of hydrogen-bond donors (Lipinski definition) is 0. The van der Waals surface area contributed by atoms with Crippen LogP contribution in [0, 0.1) is 0 Å². The van der Waals surface area contributed by atoms with Crippen LogP contribution in [0.1, 0.15) is 26.7 Å². The van der Waals surface area contributed by atoms with Crippen molar-refractivity contribution in [2.75, 3.05) is 6.61 Å². The largest absolute Gasteiger partial charge is 0.483 e. The Labute approximate surface area is 82.5 Å². The van der Waals surface area contributed by atoms with Crippen LogP contribution in [0.4, 0.5) is 0 Å². The highest BCUT2D eigenvalue weighted by Gasteiger charge is 2.11. The number of hydrogen-bond acceptors (Lipinski definition) is 2. The number of ether oxygens (including phenoxy) is 1. The Kier molecular flexibility index (Phi) is 6.21. The highest BCUT2D eigenvalue weighted by Crippen LogP contribution is 2.18. The summed E-state index contributed by atoms with van der Waals surface area (Å²) in [4.78, 5) is 10.8. The molecule has 12 heavy (non-hydrogen) atoms. The first-order valence-corrected chi connectivity index (χ1v) is 4.60. The Morgan fingerprint density at radius 2 is 1.92 bits per heavy atom. The summed E-state index contributed by atoms with van der Waals surface area (Å²) < 4.78 is 4.96. The van der Waals surface area contributed by atoms with Gasteiger partial charge in [0.05, 0.1) is 12.2 Å². The molecule has 0 unspecified atom stereocenters. The van der Waals surface area contributed by atoms with Gasteiger partial charge in [0.1, 0.15) is 0 Å². The number of rotatable bonds is 5. The Morgan fingerprint density at radius 3 is 2.25 bits per heavy atom. The summed E-state index contributed by atoms with van der Waals surface area (Å²) in [6.07, 6.45) is 1.37. The molecule has 0 rings (SSSR count). The van der Waals surface area contributed by atoms with E-state index in [0.29, 0.717) is 18.6 Å². The third-order valence-corrected chi connectivity index (χ3v) is 1.81. The molecule has 70 valence electrons. The molecular formula is C8H12Cl2O2.